The van der Waals surface area contributed by atoms with Gasteiger partial charge >= 0.3 is 0 Å². The van der Waals surface area contributed by atoms with Crippen molar-refractivity contribution in [2.75, 3.05) is 7.11 Å². The molecule has 0 radical (unpaired) electrons. The summed E-state index contributed by atoms with van der Waals surface area (Å²) < 4.78 is 20.1. The first-order valence-corrected chi connectivity index (χ1v) is 9.09. The van der Waals surface area contributed by atoms with Crippen LogP contribution in [0.4, 0.5) is 4.39 Å². The number of nitrogens with one attached hydrogen (secondary N) is 2. The van der Waals surface area contributed by atoms with Crippen LogP contribution < -0.4 is 11.1 Å². The first kappa shape index (κ1) is 23.1. The molecule has 4 N–H and O–H groups in total. The van der Waals surface area contributed by atoms with Crippen LogP contribution in [0.1, 0.15) is 22.8 Å². The highest BCUT2D eigenvalue weighted by Crippen LogP contribution is 2.32. The van der Waals surface area contributed by atoms with Gasteiger partial charge in [-0.2, -0.15) is 0 Å². The molecule has 3 aromatic rings. The number of carbonyl (C=O) groups excluding carboxylic acids is 1. The molecule has 0 spiro atoms. The molecule has 3 aromatic carbocycles. The second-order valence-electron chi connectivity index (χ2n) is 6.51. The van der Waals surface area contributed by atoms with E-state index in [9.17, 15) is 9.18 Å². The Bertz CT molecular complexity index is 1010. The van der Waals surface area contributed by atoms with E-state index >= 15 is 0 Å². The molecule has 5 nitrogen and oxygen atoms in total. The molecular formula is C23H23ClFN3O2. The summed E-state index contributed by atoms with van der Waals surface area (Å²) in [6.07, 6.45) is -1.09. The Morgan fingerprint density at radius 3 is 2.33 bits per heavy atom. The monoisotopic (exact) mass is 427 g/mol. The van der Waals surface area contributed by atoms with Gasteiger partial charge in [-0.15, -0.1) is 12.4 Å². The average Bonchev–Trinajstić information content (AvgIpc) is 2.74. The lowest BCUT2D eigenvalue weighted by Crippen LogP contribution is -2.30. The molecule has 0 aliphatic heterocycles. The van der Waals surface area contributed by atoms with E-state index in [0.29, 0.717) is 11.1 Å². The summed E-state index contributed by atoms with van der Waals surface area (Å²) in [5.41, 5.74) is 8.49. The smallest absolute Gasteiger partial charge is 0.254 e. The van der Waals surface area contributed by atoms with Gasteiger partial charge in [-0.25, -0.2) is 4.39 Å². The second kappa shape index (κ2) is 10.5. The molecule has 7 heteroatoms. The first-order valence-electron chi connectivity index (χ1n) is 9.09. The summed E-state index contributed by atoms with van der Waals surface area (Å²) in [6.45, 7) is 0.242. The van der Waals surface area contributed by atoms with Gasteiger partial charge in [-0.3, -0.25) is 10.2 Å². The van der Waals surface area contributed by atoms with Crippen molar-refractivity contribution >= 4 is 24.1 Å². The van der Waals surface area contributed by atoms with Crippen LogP contribution in [-0.4, -0.2) is 18.9 Å². The largest absolute Gasteiger partial charge is 0.384 e. The van der Waals surface area contributed by atoms with E-state index < -0.39 is 17.8 Å². The number of amides is 1. The summed E-state index contributed by atoms with van der Waals surface area (Å²) >= 11 is 0. The van der Waals surface area contributed by atoms with Gasteiger partial charge in [0.2, 0.25) is 0 Å². The first-order chi connectivity index (χ1) is 14.0. The van der Waals surface area contributed by atoms with Crippen LogP contribution in [0.15, 0.2) is 72.8 Å². The van der Waals surface area contributed by atoms with Gasteiger partial charge < -0.3 is 15.8 Å². The maximum Gasteiger partial charge on any atom is 0.254 e. The topological polar surface area (TPSA) is 88.2 Å². The Labute approximate surface area is 181 Å². The predicted molar refractivity (Wildman–Crippen MR) is 118 cm³/mol. The Hall–Kier alpha value is -3.22. The van der Waals surface area contributed by atoms with E-state index in [1.807, 2.05) is 30.3 Å². The fourth-order valence-corrected chi connectivity index (χ4v) is 3.11. The lowest BCUT2D eigenvalue weighted by molar-refractivity contribution is -0.131. The van der Waals surface area contributed by atoms with Gasteiger partial charge in [0.1, 0.15) is 11.7 Å². The molecule has 1 unspecified atom stereocenters. The highest BCUT2D eigenvalue weighted by molar-refractivity contribution is 5.94. The van der Waals surface area contributed by atoms with Crippen LogP contribution in [0.2, 0.25) is 0 Å². The number of methoxy groups -OCH3 is 1. The van der Waals surface area contributed by atoms with Crippen LogP contribution in [0.25, 0.3) is 11.1 Å². The number of rotatable bonds is 7. The number of hydrogen-bond acceptors (Lipinski definition) is 3. The normalized spacial score (nSPS) is 11.3. The Balaban J connectivity index is 0.00000320. The highest BCUT2D eigenvalue weighted by Gasteiger charge is 2.26. The highest BCUT2D eigenvalue weighted by atomic mass is 35.5. The van der Waals surface area contributed by atoms with E-state index in [0.717, 1.165) is 11.1 Å². The molecule has 156 valence electrons. The number of hydrogen-bond donors (Lipinski definition) is 3. The molecule has 0 fully saturated rings. The summed E-state index contributed by atoms with van der Waals surface area (Å²) in [6, 6.07) is 21.0. The Morgan fingerprint density at radius 2 is 1.73 bits per heavy atom. The van der Waals surface area contributed by atoms with E-state index in [4.69, 9.17) is 15.9 Å². The van der Waals surface area contributed by atoms with Gasteiger partial charge in [0.15, 0.2) is 6.10 Å². The van der Waals surface area contributed by atoms with Crippen molar-refractivity contribution < 1.29 is 13.9 Å². The third kappa shape index (κ3) is 5.23. The van der Waals surface area contributed by atoms with Crippen LogP contribution in [0, 0.1) is 11.2 Å². The van der Waals surface area contributed by atoms with Crippen molar-refractivity contribution in [2.24, 2.45) is 5.73 Å². The van der Waals surface area contributed by atoms with Crippen molar-refractivity contribution in [3.8, 4) is 11.1 Å². The molecule has 30 heavy (non-hydrogen) atoms. The second-order valence-corrected chi connectivity index (χ2v) is 6.51. The number of ether oxygens (including phenoxy) is 1. The number of nitrogen functional groups attached to an aromatic ring is 1. The molecule has 1 amide bonds. The molecule has 0 bridgehead atoms. The summed E-state index contributed by atoms with van der Waals surface area (Å²) in [7, 11) is 1.38. The standard InChI is InChI=1S/C23H22FN3O2.ClH/c1-29-21(23(28)27-14-15-10-12-17(13-11-15)22(25)26)20-18(8-5-9-19(20)24)16-6-3-2-4-7-16;/h2-13,21H,14H2,1H3,(H3,25,26)(H,27,28);1H. The minimum atomic E-state index is -1.09. The van der Waals surface area contributed by atoms with Gasteiger partial charge in [-0.1, -0.05) is 66.7 Å². The van der Waals surface area contributed by atoms with Crippen LogP contribution >= 0.6 is 12.4 Å². The van der Waals surface area contributed by atoms with Gasteiger partial charge in [0.05, 0.1) is 0 Å². The maximum atomic E-state index is 14.7. The number of nitrogens with two attached hydrogens (primary N) is 1. The predicted octanol–water partition coefficient (Wildman–Crippen LogP) is 4.20. The molecule has 0 aromatic heterocycles. The Kier molecular flexibility index (Phi) is 8.09. The average molecular weight is 428 g/mol. The molecule has 0 saturated heterocycles. The van der Waals surface area contributed by atoms with Crippen LogP contribution in [0.5, 0.6) is 0 Å². The van der Waals surface area contributed by atoms with E-state index in [1.54, 1.807) is 36.4 Å². The van der Waals surface area contributed by atoms with Crippen molar-refractivity contribution in [3.63, 3.8) is 0 Å². The van der Waals surface area contributed by atoms with Crippen molar-refractivity contribution in [1.82, 2.24) is 5.32 Å². The minimum absolute atomic E-state index is 0. The minimum Gasteiger partial charge on any atom is -0.384 e. The number of carbonyl (C=O) groups is 1. The zero-order chi connectivity index (χ0) is 20.8. The van der Waals surface area contributed by atoms with Gasteiger partial charge in [0.25, 0.3) is 5.91 Å². The van der Waals surface area contributed by atoms with E-state index in [2.05, 4.69) is 5.32 Å². The number of halogens is 2. The Morgan fingerprint density at radius 1 is 1.07 bits per heavy atom. The molecule has 0 aliphatic rings. The maximum absolute atomic E-state index is 14.7. The molecule has 0 heterocycles. The molecule has 3 rings (SSSR count). The van der Waals surface area contributed by atoms with E-state index in [1.165, 1.54) is 13.2 Å². The number of amidine groups is 1. The van der Waals surface area contributed by atoms with Gasteiger partial charge in [-0.05, 0) is 22.8 Å². The van der Waals surface area contributed by atoms with Crippen molar-refractivity contribution in [1.29, 1.82) is 5.41 Å². The van der Waals surface area contributed by atoms with Crippen molar-refractivity contribution in [2.45, 2.75) is 12.6 Å². The lowest BCUT2D eigenvalue weighted by atomic mass is 9.95. The lowest BCUT2D eigenvalue weighted by Gasteiger charge is -2.20. The van der Waals surface area contributed by atoms with Gasteiger partial charge in [0, 0.05) is 24.8 Å². The number of benzene rings is 3. The van der Waals surface area contributed by atoms with Crippen molar-refractivity contribution in [3.05, 3.63) is 95.3 Å². The fraction of sp³-hybridized carbons (Fsp3) is 0.130. The molecule has 1 atom stereocenters. The zero-order valence-electron chi connectivity index (χ0n) is 16.4. The molecular weight excluding hydrogens is 405 g/mol. The zero-order valence-corrected chi connectivity index (χ0v) is 17.2. The van der Waals surface area contributed by atoms with E-state index in [-0.39, 0.29) is 30.4 Å². The summed E-state index contributed by atoms with van der Waals surface area (Å²) in [5.74, 6) is -0.961. The SMILES string of the molecule is COC(C(=O)NCc1ccc(C(=N)N)cc1)c1c(F)cccc1-c1ccccc1.Cl. The molecule has 0 saturated carbocycles. The third-order valence-electron chi connectivity index (χ3n) is 4.61. The molecule has 0 aliphatic carbocycles. The quantitative estimate of drug-likeness (QED) is 0.390. The fourth-order valence-electron chi connectivity index (χ4n) is 3.11. The third-order valence-corrected chi connectivity index (χ3v) is 4.61. The summed E-state index contributed by atoms with van der Waals surface area (Å²) in [4.78, 5) is 12.8. The van der Waals surface area contributed by atoms with Crippen LogP contribution in [0.3, 0.4) is 0 Å². The van der Waals surface area contributed by atoms with Crippen LogP contribution in [-0.2, 0) is 16.1 Å². The summed E-state index contributed by atoms with van der Waals surface area (Å²) in [5, 5.41) is 10.2.